The number of nitriles is 1. The quantitative estimate of drug-likeness (QED) is 0.733. The Morgan fingerprint density at radius 3 is 2.48 bits per heavy atom. The van der Waals surface area contributed by atoms with Crippen molar-refractivity contribution in [3.05, 3.63) is 59.2 Å². The molecule has 1 atom stereocenters. The van der Waals surface area contributed by atoms with Crippen molar-refractivity contribution in [1.82, 2.24) is 15.4 Å². The van der Waals surface area contributed by atoms with Gasteiger partial charge in [-0.3, -0.25) is 11.2 Å². The molecule has 1 aliphatic rings. The van der Waals surface area contributed by atoms with Crippen molar-refractivity contribution in [2.45, 2.75) is 20.1 Å². The van der Waals surface area contributed by atoms with E-state index >= 15 is 0 Å². The Morgan fingerprint density at radius 2 is 1.88 bits per heavy atom. The van der Waals surface area contributed by atoms with Gasteiger partial charge in [-0.05, 0) is 49.2 Å². The summed E-state index contributed by atoms with van der Waals surface area (Å²) in [5.74, 6) is 6.99. The molecule has 7 heteroatoms. The molecular weight excluding hydrogens is 316 g/mol. The van der Waals surface area contributed by atoms with E-state index in [4.69, 9.17) is 15.9 Å². The van der Waals surface area contributed by atoms with Crippen LogP contribution in [0.4, 0.5) is 5.69 Å². The van der Waals surface area contributed by atoms with Crippen molar-refractivity contribution < 1.29 is 4.84 Å². The zero-order chi connectivity index (χ0) is 17.8. The second-order valence-corrected chi connectivity index (χ2v) is 6.05. The number of aryl methyl sites for hydroxylation is 2. The van der Waals surface area contributed by atoms with E-state index in [1.165, 1.54) is 0 Å². The average Bonchev–Trinajstić information content (AvgIpc) is 2.61. The standard InChI is InChI=1S/C18H22N6O/c1-13-4-3-5-14(2)17(13)25-23-11-21-18(24(20)12-23)22-16-8-6-15(10-19)7-9-16/h3-9,18,21-22H,11-12,20H2,1-2H3. The highest BCUT2D eigenvalue weighted by atomic mass is 16.7. The summed E-state index contributed by atoms with van der Waals surface area (Å²) in [5.41, 5.74) is 3.68. The first-order chi connectivity index (χ1) is 12.1. The number of benzene rings is 2. The molecule has 1 saturated heterocycles. The molecule has 4 N–H and O–H groups in total. The van der Waals surface area contributed by atoms with Gasteiger partial charge in [-0.25, -0.2) is 0 Å². The number of nitrogens with one attached hydrogen (secondary N) is 2. The summed E-state index contributed by atoms with van der Waals surface area (Å²) >= 11 is 0. The molecule has 1 heterocycles. The van der Waals surface area contributed by atoms with Crippen LogP contribution in [0.5, 0.6) is 5.75 Å². The van der Waals surface area contributed by atoms with Gasteiger partial charge in [0.2, 0.25) is 0 Å². The summed E-state index contributed by atoms with van der Waals surface area (Å²) in [4.78, 5) is 6.00. The predicted molar refractivity (Wildman–Crippen MR) is 95.8 cm³/mol. The lowest BCUT2D eigenvalue weighted by molar-refractivity contribution is -0.142. The Morgan fingerprint density at radius 1 is 1.20 bits per heavy atom. The van der Waals surface area contributed by atoms with E-state index in [-0.39, 0.29) is 6.29 Å². The van der Waals surface area contributed by atoms with Crippen LogP contribution in [0.15, 0.2) is 42.5 Å². The summed E-state index contributed by atoms with van der Waals surface area (Å²) in [6.07, 6.45) is -0.231. The van der Waals surface area contributed by atoms with E-state index in [1.54, 1.807) is 22.2 Å². The Balaban J connectivity index is 1.59. The Bertz CT molecular complexity index is 750. The molecule has 0 saturated carbocycles. The number of nitrogens with zero attached hydrogens (tertiary/aromatic N) is 3. The van der Waals surface area contributed by atoms with E-state index in [0.29, 0.717) is 18.9 Å². The minimum Gasteiger partial charge on any atom is -0.403 e. The minimum atomic E-state index is -0.231. The molecule has 0 bridgehead atoms. The van der Waals surface area contributed by atoms with Crippen LogP contribution < -0.4 is 21.3 Å². The second kappa shape index (κ2) is 7.51. The van der Waals surface area contributed by atoms with Crippen molar-refractivity contribution in [1.29, 1.82) is 5.26 Å². The fourth-order valence-corrected chi connectivity index (χ4v) is 2.69. The molecule has 1 fully saturated rings. The largest absolute Gasteiger partial charge is 0.403 e. The maximum absolute atomic E-state index is 8.85. The van der Waals surface area contributed by atoms with Crippen LogP contribution in [0.25, 0.3) is 0 Å². The first-order valence-corrected chi connectivity index (χ1v) is 8.07. The molecule has 0 radical (unpaired) electrons. The third-order valence-corrected chi connectivity index (χ3v) is 4.06. The zero-order valence-corrected chi connectivity index (χ0v) is 14.4. The maximum Gasteiger partial charge on any atom is 0.153 e. The van der Waals surface area contributed by atoms with Gasteiger partial charge in [0, 0.05) is 5.69 Å². The third kappa shape index (κ3) is 4.07. The number of rotatable bonds is 4. The highest BCUT2D eigenvalue weighted by molar-refractivity contribution is 5.47. The first kappa shape index (κ1) is 17.2. The van der Waals surface area contributed by atoms with Crippen molar-refractivity contribution in [3.8, 4) is 11.8 Å². The number of para-hydroxylation sites is 1. The number of anilines is 1. The van der Waals surface area contributed by atoms with Crippen LogP contribution in [-0.4, -0.2) is 29.7 Å². The van der Waals surface area contributed by atoms with Gasteiger partial charge in [-0.1, -0.05) is 18.2 Å². The molecule has 0 aliphatic carbocycles. The van der Waals surface area contributed by atoms with Gasteiger partial charge in [0.1, 0.15) is 13.0 Å². The maximum atomic E-state index is 8.85. The molecule has 7 nitrogen and oxygen atoms in total. The topological polar surface area (TPSA) is 89.6 Å². The predicted octanol–water partition coefficient (Wildman–Crippen LogP) is 1.86. The monoisotopic (exact) mass is 338 g/mol. The van der Waals surface area contributed by atoms with Gasteiger partial charge in [-0.2, -0.15) is 10.3 Å². The van der Waals surface area contributed by atoms with Crippen LogP contribution in [0, 0.1) is 25.2 Å². The Hall–Kier alpha value is -2.63. The number of hydrogen-bond donors (Lipinski definition) is 3. The van der Waals surface area contributed by atoms with Gasteiger partial charge >= 0.3 is 0 Å². The van der Waals surface area contributed by atoms with E-state index < -0.39 is 0 Å². The molecule has 130 valence electrons. The van der Waals surface area contributed by atoms with Gasteiger partial charge < -0.3 is 10.2 Å². The Labute approximate surface area is 147 Å². The summed E-state index contributed by atoms with van der Waals surface area (Å²) in [6.45, 7) is 5.01. The molecule has 2 aromatic carbocycles. The van der Waals surface area contributed by atoms with Gasteiger partial charge in [-0.15, -0.1) is 5.06 Å². The second-order valence-electron chi connectivity index (χ2n) is 6.05. The van der Waals surface area contributed by atoms with Gasteiger partial charge in [0.25, 0.3) is 0 Å². The van der Waals surface area contributed by atoms with Gasteiger partial charge in [0.05, 0.1) is 18.3 Å². The normalized spacial score (nSPS) is 18.6. The van der Waals surface area contributed by atoms with Crippen molar-refractivity contribution >= 4 is 5.69 Å². The summed E-state index contributed by atoms with van der Waals surface area (Å²) in [6, 6.07) is 15.4. The highest BCUT2D eigenvalue weighted by Crippen LogP contribution is 2.23. The lowest BCUT2D eigenvalue weighted by atomic mass is 10.1. The smallest absolute Gasteiger partial charge is 0.153 e. The zero-order valence-electron chi connectivity index (χ0n) is 14.4. The minimum absolute atomic E-state index is 0.231. The van der Waals surface area contributed by atoms with Crippen LogP contribution in [-0.2, 0) is 0 Å². The molecule has 0 amide bonds. The SMILES string of the molecule is Cc1cccc(C)c1ON1CNC(Nc2ccc(C#N)cc2)N(N)C1. The number of hydrogen-bond acceptors (Lipinski definition) is 7. The van der Waals surface area contributed by atoms with Crippen LogP contribution in [0.2, 0.25) is 0 Å². The lowest BCUT2D eigenvalue weighted by Gasteiger charge is -2.39. The number of nitrogens with two attached hydrogens (primary N) is 1. The molecule has 0 spiro atoms. The number of hydrazine groups is 1. The van der Waals surface area contributed by atoms with E-state index in [0.717, 1.165) is 22.6 Å². The molecule has 0 aromatic heterocycles. The summed E-state index contributed by atoms with van der Waals surface area (Å²) in [7, 11) is 0. The van der Waals surface area contributed by atoms with Crippen molar-refractivity contribution in [2.75, 3.05) is 18.7 Å². The molecule has 1 aliphatic heterocycles. The summed E-state index contributed by atoms with van der Waals surface area (Å²) < 4.78 is 0. The average molecular weight is 338 g/mol. The van der Waals surface area contributed by atoms with Crippen molar-refractivity contribution in [2.24, 2.45) is 5.84 Å². The summed E-state index contributed by atoms with van der Waals surface area (Å²) in [5, 5.41) is 18.8. The van der Waals surface area contributed by atoms with Gasteiger partial charge in [0.15, 0.2) is 5.75 Å². The fraction of sp³-hybridized carbons (Fsp3) is 0.278. The highest BCUT2D eigenvalue weighted by Gasteiger charge is 2.25. The Kier molecular flexibility index (Phi) is 5.16. The molecule has 25 heavy (non-hydrogen) atoms. The van der Waals surface area contributed by atoms with Crippen LogP contribution in [0.1, 0.15) is 16.7 Å². The fourth-order valence-electron chi connectivity index (χ4n) is 2.69. The first-order valence-electron chi connectivity index (χ1n) is 8.07. The van der Waals surface area contributed by atoms with Crippen molar-refractivity contribution in [3.63, 3.8) is 0 Å². The van der Waals surface area contributed by atoms with E-state index in [9.17, 15) is 0 Å². The molecule has 2 aromatic rings. The third-order valence-electron chi connectivity index (χ3n) is 4.06. The molecule has 1 unspecified atom stereocenters. The molecular formula is C18H22N6O. The van der Waals surface area contributed by atoms with Crippen LogP contribution in [0.3, 0.4) is 0 Å². The lowest BCUT2D eigenvalue weighted by Crippen LogP contribution is -2.65. The van der Waals surface area contributed by atoms with E-state index in [1.807, 2.05) is 44.2 Å². The number of hydroxylamine groups is 2. The van der Waals surface area contributed by atoms with E-state index in [2.05, 4.69) is 16.7 Å². The van der Waals surface area contributed by atoms with Crippen LogP contribution >= 0.6 is 0 Å². The molecule has 3 rings (SSSR count).